The quantitative estimate of drug-likeness (QED) is 0.544. The number of likely N-dealkylation sites (tertiary alicyclic amines) is 1. The summed E-state index contributed by atoms with van der Waals surface area (Å²) in [7, 11) is 0. The van der Waals surface area contributed by atoms with Crippen molar-refractivity contribution in [2.45, 2.75) is 51.7 Å². The Balaban J connectivity index is 1.91. The van der Waals surface area contributed by atoms with Crippen molar-refractivity contribution in [2.24, 2.45) is 0 Å². The lowest BCUT2D eigenvalue weighted by atomic mass is 10.0. The number of rotatable bonds is 9. The van der Waals surface area contributed by atoms with Crippen LogP contribution in [0.1, 0.15) is 39.2 Å². The molecule has 2 rings (SSSR count). The second-order valence-electron chi connectivity index (χ2n) is 8.92. The molecule has 0 radical (unpaired) electrons. The van der Waals surface area contributed by atoms with Crippen LogP contribution in [0.25, 0.3) is 0 Å². The fraction of sp³-hybridized carbons (Fsp3) is 0.583. The fourth-order valence-corrected chi connectivity index (χ4v) is 3.78. The summed E-state index contributed by atoms with van der Waals surface area (Å²) in [5.74, 6) is 0. The SMILES string of the molecule is C=CCOC(=O)N1CCC(N(CCNC(=O)OC(C)(C)C)CCc2ccc(Cl)cc2)CC1. The first kappa shape index (κ1) is 26.0. The van der Waals surface area contributed by atoms with Crippen LogP contribution in [0.15, 0.2) is 36.9 Å². The van der Waals surface area contributed by atoms with Gasteiger partial charge >= 0.3 is 12.2 Å². The molecule has 0 unspecified atom stereocenters. The van der Waals surface area contributed by atoms with E-state index in [0.29, 0.717) is 32.2 Å². The smallest absolute Gasteiger partial charge is 0.410 e. The Kier molecular flexibility index (Phi) is 10.3. The van der Waals surface area contributed by atoms with Crippen LogP contribution in [0.4, 0.5) is 9.59 Å². The molecular formula is C24H36ClN3O4. The molecule has 0 bridgehead atoms. The molecule has 1 fully saturated rings. The maximum atomic E-state index is 12.1. The molecule has 8 heteroatoms. The van der Waals surface area contributed by atoms with Gasteiger partial charge in [0.1, 0.15) is 12.2 Å². The predicted molar refractivity (Wildman–Crippen MR) is 127 cm³/mol. The lowest BCUT2D eigenvalue weighted by Crippen LogP contribution is -2.49. The van der Waals surface area contributed by atoms with E-state index in [1.807, 2.05) is 45.0 Å². The van der Waals surface area contributed by atoms with Gasteiger partial charge < -0.3 is 19.7 Å². The van der Waals surface area contributed by atoms with E-state index in [1.54, 1.807) is 11.0 Å². The minimum Gasteiger partial charge on any atom is -0.445 e. The second-order valence-corrected chi connectivity index (χ2v) is 9.36. The highest BCUT2D eigenvalue weighted by Crippen LogP contribution is 2.18. The van der Waals surface area contributed by atoms with Crippen molar-refractivity contribution < 1.29 is 19.1 Å². The lowest BCUT2D eigenvalue weighted by molar-refractivity contribution is 0.0504. The van der Waals surface area contributed by atoms with Gasteiger partial charge in [-0.15, -0.1) is 0 Å². The summed E-state index contributed by atoms with van der Waals surface area (Å²) >= 11 is 6.00. The van der Waals surface area contributed by atoms with E-state index in [2.05, 4.69) is 16.8 Å². The predicted octanol–water partition coefficient (Wildman–Crippen LogP) is 4.50. The molecule has 32 heavy (non-hydrogen) atoms. The number of nitrogens with one attached hydrogen (secondary N) is 1. The first-order valence-electron chi connectivity index (χ1n) is 11.2. The van der Waals surface area contributed by atoms with Crippen molar-refractivity contribution in [3.63, 3.8) is 0 Å². The van der Waals surface area contributed by atoms with E-state index in [4.69, 9.17) is 21.1 Å². The zero-order valence-electron chi connectivity index (χ0n) is 19.4. The molecule has 0 aromatic heterocycles. The third kappa shape index (κ3) is 9.49. The van der Waals surface area contributed by atoms with Crippen molar-refractivity contribution in [2.75, 3.05) is 39.3 Å². The first-order chi connectivity index (χ1) is 15.2. The van der Waals surface area contributed by atoms with E-state index in [-0.39, 0.29) is 12.7 Å². The molecular weight excluding hydrogens is 430 g/mol. The van der Waals surface area contributed by atoms with Gasteiger partial charge in [0, 0.05) is 43.8 Å². The molecule has 1 heterocycles. The van der Waals surface area contributed by atoms with Gasteiger partial charge in [0.05, 0.1) is 0 Å². The zero-order chi connectivity index (χ0) is 23.6. The summed E-state index contributed by atoms with van der Waals surface area (Å²) in [5.41, 5.74) is 0.690. The van der Waals surface area contributed by atoms with Gasteiger partial charge in [-0.25, -0.2) is 9.59 Å². The Morgan fingerprint density at radius 3 is 2.47 bits per heavy atom. The zero-order valence-corrected chi connectivity index (χ0v) is 20.2. The van der Waals surface area contributed by atoms with Gasteiger partial charge in [0.25, 0.3) is 0 Å². The van der Waals surface area contributed by atoms with Gasteiger partial charge in [-0.3, -0.25) is 4.90 Å². The molecule has 0 atom stereocenters. The molecule has 1 aromatic carbocycles. The van der Waals surface area contributed by atoms with Crippen LogP contribution in [0.2, 0.25) is 5.02 Å². The Labute approximate surface area is 196 Å². The number of hydrogen-bond donors (Lipinski definition) is 1. The average Bonchev–Trinajstić information content (AvgIpc) is 2.74. The monoisotopic (exact) mass is 465 g/mol. The topological polar surface area (TPSA) is 71.1 Å². The number of alkyl carbamates (subject to hydrolysis) is 1. The van der Waals surface area contributed by atoms with Crippen molar-refractivity contribution in [3.05, 3.63) is 47.5 Å². The third-order valence-electron chi connectivity index (χ3n) is 5.23. The van der Waals surface area contributed by atoms with E-state index in [0.717, 1.165) is 30.8 Å². The number of piperidine rings is 1. The highest BCUT2D eigenvalue weighted by atomic mass is 35.5. The molecule has 0 saturated carbocycles. The molecule has 1 N–H and O–H groups in total. The highest BCUT2D eigenvalue weighted by Gasteiger charge is 2.27. The van der Waals surface area contributed by atoms with Crippen molar-refractivity contribution in [1.82, 2.24) is 15.1 Å². The van der Waals surface area contributed by atoms with E-state index in [9.17, 15) is 9.59 Å². The minimum atomic E-state index is -0.522. The summed E-state index contributed by atoms with van der Waals surface area (Å²) < 4.78 is 10.5. The van der Waals surface area contributed by atoms with Crippen LogP contribution in [-0.4, -0.2) is 73.0 Å². The number of benzene rings is 1. The largest absolute Gasteiger partial charge is 0.445 e. The van der Waals surface area contributed by atoms with E-state index >= 15 is 0 Å². The molecule has 178 valence electrons. The van der Waals surface area contributed by atoms with Crippen LogP contribution in [0.3, 0.4) is 0 Å². The van der Waals surface area contributed by atoms with Crippen LogP contribution < -0.4 is 5.32 Å². The Bertz CT molecular complexity index is 741. The van der Waals surface area contributed by atoms with Gasteiger partial charge in [-0.05, 0) is 57.7 Å². The van der Waals surface area contributed by atoms with Crippen LogP contribution in [-0.2, 0) is 15.9 Å². The van der Waals surface area contributed by atoms with Crippen molar-refractivity contribution >= 4 is 23.8 Å². The van der Waals surface area contributed by atoms with Crippen LogP contribution >= 0.6 is 11.6 Å². The summed E-state index contributed by atoms with van der Waals surface area (Å²) in [4.78, 5) is 28.2. The van der Waals surface area contributed by atoms with Gasteiger partial charge in [-0.1, -0.05) is 36.4 Å². The molecule has 2 amide bonds. The molecule has 1 aliphatic heterocycles. The number of ether oxygens (including phenoxy) is 2. The van der Waals surface area contributed by atoms with Crippen molar-refractivity contribution in [3.8, 4) is 0 Å². The van der Waals surface area contributed by atoms with E-state index in [1.165, 1.54) is 5.56 Å². The molecule has 1 saturated heterocycles. The molecule has 7 nitrogen and oxygen atoms in total. The third-order valence-corrected chi connectivity index (χ3v) is 5.48. The lowest BCUT2D eigenvalue weighted by Gasteiger charge is -2.38. The normalized spacial score (nSPS) is 14.8. The Hall–Kier alpha value is -2.25. The molecule has 1 aromatic rings. The fourth-order valence-electron chi connectivity index (χ4n) is 3.65. The number of nitrogens with zero attached hydrogens (tertiary/aromatic N) is 2. The first-order valence-corrected chi connectivity index (χ1v) is 11.5. The minimum absolute atomic E-state index is 0.225. The van der Waals surface area contributed by atoms with Gasteiger partial charge in [0.15, 0.2) is 0 Å². The molecule has 0 spiro atoms. The van der Waals surface area contributed by atoms with Crippen LogP contribution in [0.5, 0.6) is 0 Å². The number of carbonyl (C=O) groups excluding carboxylic acids is 2. The standard InChI is InChI=1S/C24H36ClN3O4/c1-5-18-31-23(30)28-15-11-21(12-16-28)27(14-10-19-6-8-20(25)9-7-19)17-13-26-22(29)32-24(2,3)4/h5-9,21H,1,10-18H2,2-4H3,(H,26,29). The second kappa shape index (κ2) is 12.7. The molecule has 1 aliphatic rings. The maximum absolute atomic E-state index is 12.1. The summed E-state index contributed by atoms with van der Waals surface area (Å²) in [5, 5.41) is 3.58. The Morgan fingerprint density at radius 2 is 1.88 bits per heavy atom. The number of hydrogen-bond acceptors (Lipinski definition) is 5. The number of amides is 2. The average molecular weight is 466 g/mol. The van der Waals surface area contributed by atoms with E-state index < -0.39 is 11.7 Å². The number of halogens is 1. The summed E-state index contributed by atoms with van der Waals surface area (Å²) in [6, 6.07) is 8.21. The highest BCUT2D eigenvalue weighted by molar-refractivity contribution is 6.30. The van der Waals surface area contributed by atoms with Gasteiger partial charge in [0.2, 0.25) is 0 Å². The van der Waals surface area contributed by atoms with Crippen molar-refractivity contribution in [1.29, 1.82) is 0 Å². The van der Waals surface area contributed by atoms with Crippen LogP contribution in [0, 0.1) is 0 Å². The number of carbonyl (C=O) groups is 2. The molecule has 0 aliphatic carbocycles. The summed E-state index contributed by atoms with van der Waals surface area (Å²) in [6.07, 6.45) is 3.47. The summed E-state index contributed by atoms with van der Waals surface area (Å²) in [6.45, 7) is 12.7. The maximum Gasteiger partial charge on any atom is 0.410 e. The van der Waals surface area contributed by atoms with Gasteiger partial charge in [-0.2, -0.15) is 0 Å². The Morgan fingerprint density at radius 1 is 1.22 bits per heavy atom.